The van der Waals surface area contributed by atoms with E-state index in [4.69, 9.17) is 0 Å². The number of esters is 1. The number of halogens is 1. The SMILES string of the molecule is CCOC(=O)C(Br)C(C)=O. The summed E-state index contributed by atoms with van der Waals surface area (Å²) in [7, 11) is 0. The molecular weight excluding hydrogens is 200 g/mol. The lowest BCUT2D eigenvalue weighted by Crippen LogP contribution is -2.23. The normalized spacial score (nSPS) is 12.3. The van der Waals surface area contributed by atoms with Gasteiger partial charge in [-0.3, -0.25) is 9.59 Å². The standard InChI is InChI=1S/C6H9BrO3/c1-3-10-6(9)5(7)4(2)8/h5H,3H2,1-2H3. The van der Waals surface area contributed by atoms with Gasteiger partial charge < -0.3 is 4.74 Å². The largest absolute Gasteiger partial charge is 0.465 e. The maximum Gasteiger partial charge on any atom is 0.327 e. The fourth-order valence-corrected chi connectivity index (χ4v) is 0.514. The molecule has 0 heterocycles. The van der Waals surface area contributed by atoms with Gasteiger partial charge in [0.1, 0.15) is 0 Å². The molecule has 4 heteroatoms. The van der Waals surface area contributed by atoms with Gasteiger partial charge in [0, 0.05) is 0 Å². The van der Waals surface area contributed by atoms with E-state index in [-0.39, 0.29) is 5.78 Å². The highest BCUT2D eigenvalue weighted by Crippen LogP contribution is 2.02. The van der Waals surface area contributed by atoms with Crippen LogP contribution in [0.3, 0.4) is 0 Å². The van der Waals surface area contributed by atoms with Crippen LogP contribution in [0.15, 0.2) is 0 Å². The van der Waals surface area contributed by atoms with E-state index in [9.17, 15) is 9.59 Å². The number of Topliss-reactive ketones (excluding diaryl/α,β-unsaturated/α-hetero) is 1. The number of alkyl halides is 1. The maximum absolute atomic E-state index is 10.7. The van der Waals surface area contributed by atoms with Gasteiger partial charge in [-0.05, 0) is 13.8 Å². The predicted octanol–water partition coefficient (Wildman–Crippen LogP) is 0.902. The number of carbonyl (C=O) groups excluding carboxylic acids is 2. The second-order valence-electron chi connectivity index (χ2n) is 1.73. The fourth-order valence-electron chi connectivity index (χ4n) is 0.381. The Balaban J connectivity index is 3.82. The Hall–Kier alpha value is -0.380. The van der Waals surface area contributed by atoms with Gasteiger partial charge in [0.25, 0.3) is 0 Å². The molecule has 0 amide bonds. The summed E-state index contributed by atoms with van der Waals surface area (Å²) in [4.78, 5) is 20.4. The first-order valence-corrected chi connectivity index (χ1v) is 3.82. The summed E-state index contributed by atoms with van der Waals surface area (Å²) in [6, 6.07) is 0. The molecule has 3 nitrogen and oxygen atoms in total. The van der Waals surface area contributed by atoms with Crippen LogP contribution >= 0.6 is 15.9 Å². The molecule has 10 heavy (non-hydrogen) atoms. The third-order valence-corrected chi connectivity index (χ3v) is 1.87. The van der Waals surface area contributed by atoms with Crippen LogP contribution in [0.5, 0.6) is 0 Å². The molecule has 1 atom stereocenters. The van der Waals surface area contributed by atoms with Crippen molar-refractivity contribution in [1.29, 1.82) is 0 Å². The van der Waals surface area contributed by atoms with Crippen molar-refractivity contribution in [3.8, 4) is 0 Å². The molecule has 0 aromatic rings. The zero-order valence-corrected chi connectivity index (χ0v) is 7.47. The van der Waals surface area contributed by atoms with Crippen molar-refractivity contribution in [2.45, 2.75) is 18.7 Å². The average Bonchev–Trinajstić information content (AvgIpc) is 1.87. The van der Waals surface area contributed by atoms with E-state index in [0.717, 1.165) is 0 Å². The second-order valence-corrected chi connectivity index (χ2v) is 2.64. The van der Waals surface area contributed by atoms with Crippen LogP contribution < -0.4 is 0 Å². The summed E-state index contributed by atoms with van der Waals surface area (Å²) in [5.74, 6) is -0.756. The van der Waals surface area contributed by atoms with E-state index in [1.165, 1.54) is 6.92 Å². The molecule has 1 unspecified atom stereocenters. The molecule has 58 valence electrons. The number of hydrogen-bond donors (Lipinski definition) is 0. The Labute approximate surface area is 67.9 Å². The minimum atomic E-state index is -0.799. The Morgan fingerprint density at radius 3 is 2.40 bits per heavy atom. The first-order chi connectivity index (χ1) is 4.59. The van der Waals surface area contributed by atoms with Gasteiger partial charge in [0.15, 0.2) is 10.6 Å². The van der Waals surface area contributed by atoms with Crippen LogP contribution in [-0.2, 0) is 14.3 Å². The van der Waals surface area contributed by atoms with Crippen LogP contribution in [0.4, 0.5) is 0 Å². The number of carbonyl (C=O) groups is 2. The molecule has 0 spiro atoms. The van der Waals surface area contributed by atoms with Crippen molar-refractivity contribution in [2.24, 2.45) is 0 Å². The van der Waals surface area contributed by atoms with E-state index in [1.54, 1.807) is 6.92 Å². The smallest absolute Gasteiger partial charge is 0.327 e. The molecule has 0 aliphatic carbocycles. The Bertz CT molecular complexity index is 144. The van der Waals surface area contributed by atoms with Crippen molar-refractivity contribution in [1.82, 2.24) is 0 Å². The van der Waals surface area contributed by atoms with Gasteiger partial charge in [0.05, 0.1) is 6.61 Å². The van der Waals surface area contributed by atoms with Crippen molar-refractivity contribution in [2.75, 3.05) is 6.61 Å². The Morgan fingerprint density at radius 1 is 1.60 bits per heavy atom. The zero-order chi connectivity index (χ0) is 8.15. The lowest BCUT2D eigenvalue weighted by Gasteiger charge is -2.03. The molecular formula is C6H9BrO3. The molecule has 0 aromatic heterocycles. The van der Waals surface area contributed by atoms with Gasteiger partial charge in [0.2, 0.25) is 0 Å². The maximum atomic E-state index is 10.7. The van der Waals surface area contributed by atoms with E-state index < -0.39 is 10.8 Å². The number of ether oxygens (including phenoxy) is 1. The van der Waals surface area contributed by atoms with Crippen LogP contribution in [0, 0.1) is 0 Å². The zero-order valence-electron chi connectivity index (χ0n) is 5.89. The lowest BCUT2D eigenvalue weighted by atomic mass is 10.3. The second kappa shape index (κ2) is 4.44. The van der Waals surface area contributed by atoms with Crippen LogP contribution in [0.25, 0.3) is 0 Å². The molecule has 0 bridgehead atoms. The number of ketones is 1. The first-order valence-electron chi connectivity index (χ1n) is 2.90. The summed E-state index contributed by atoms with van der Waals surface area (Å²) in [6.45, 7) is 3.32. The summed E-state index contributed by atoms with van der Waals surface area (Å²) < 4.78 is 4.56. The molecule has 0 aliphatic rings. The van der Waals surface area contributed by atoms with Crippen LogP contribution in [0.1, 0.15) is 13.8 Å². The number of rotatable bonds is 3. The van der Waals surface area contributed by atoms with Crippen molar-refractivity contribution < 1.29 is 14.3 Å². The molecule has 0 aliphatic heterocycles. The third-order valence-electron chi connectivity index (χ3n) is 0.850. The van der Waals surface area contributed by atoms with Gasteiger partial charge >= 0.3 is 5.97 Å². The minimum Gasteiger partial charge on any atom is -0.465 e. The number of hydrogen-bond acceptors (Lipinski definition) is 3. The lowest BCUT2D eigenvalue weighted by molar-refractivity contribution is -0.144. The summed E-state index contributed by atoms with van der Waals surface area (Å²) in [5.41, 5.74) is 0. The van der Waals surface area contributed by atoms with Gasteiger partial charge in [-0.1, -0.05) is 15.9 Å². The summed E-state index contributed by atoms with van der Waals surface area (Å²) in [6.07, 6.45) is 0. The average molecular weight is 209 g/mol. The molecule has 0 fully saturated rings. The van der Waals surface area contributed by atoms with Crippen molar-refractivity contribution >= 4 is 27.7 Å². The Morgan fingerprint density at radius 2 is 2.10 bits per heavy atom. The highest BCUT2D eigenvalue weighted by Gasteiger charge is 2.19. The monoisotopic (exact) mass is 208 g/mol. The van der Waals surface area contributed by atoms with E-state index in [1.807, 2.05) is 0 Å². The van der Waals surface area contributed by atoms with Crippen molar-refractivity contribution in [3.63, 3.8) is 0 Å². The van der Waals surface area contributed by atoms with Crippen molar-refractivity contribution in [3.05, 3.63) is 0 Å². The molecule has 0 rings (SSSR count). The highest BCUT2D eigenvalue weighted by atomic mass is 79.9. The summed E-state index contributed by atoms with van der Waals surface area (Å²) in [5, 5.41) is 0. The molecule has 0 saturated heterocycles. The highest BCUT2D eigenvalue weighted by molar-refractivity contribution is 9.10. The van der Waals surface area contributed by atoms with E-state index >= 15 is 0 Å². The quantitative estimate of drug-likeness (QED) is 0.394. The molecule has 0 aromatic carbocycles. The molecule has 0 saturated carbocycles. The van der Waals surface area contributed by atoms with Gasteiger partial charge in [-0.2, -0.15) is 0 Å². The van der Waals surface area contributed by atoms with E-state index in [2.05, 4.69) is 20.7 Å². The van der Waals surface area contributed by atoms with E-state index in [0.29, 0.717) is 6.61 Å². The summed E-state index contributed by atoms with van der Waals surface area (Å²) >= 11 is 2.88. The fraction of sp³-hybridized carbons (Fsp3) is 0.667. The predicted molar refractivity (Wildman–Crippen MR) is 40.0 cm³/mol. The van der Waals surface area contributed by atoms with Crippen LogP contribution in [0.2, 0.25) is 0 Å². The topological polar surface area (TPSA) is 43.4 Å². The first kappa shape index (κ1) is 9.62. The Kier molecular flexibility index (Phi) is 4.27. The molecule has 0 radical (unpaired) electrons. The minimum absolute atomic E-state index is 0.238. The molecule has 0 N–H and O–H groups in total. The third kappa shape index (κ3) is 2.96. The van der Waals surface area contributed by atoms with Crippen LogP contribution in [-0.4, -0.2) is 23.2 Å². The van der Waals surface area contributed by atoms with Gasteiger partial charge in [-0.25, -0.2) is 0 Å². The van der Waals surface area contributed by atoms with Gasteiger partial charge in [-0.15, -0.1) is 0 Å².